The van der Waals surface area contributed by atoms with E-state index in [1.807, 2.05) is 18.3 Å². The van der Waals surface area contributed by atoms with Crippen molar-refractivity contribution in [3.63, 3.8) is 0 Å². The molecular weight excluding hydrogens is 238 g/mol. The quantitative estimate of drug-likeness (QED) is 0.884. The van der Waals surface area contributed by atoms with Gasteiger partial charge < -0.3 is 15.0 Å². The summed E-state index contributed by atoms with van der Waals surface area (Å²) >= 11 is 0. The molecule has 1 fully saturated rings. The van der Waals surface area contributed by atoms with E-state index in [1.165, 1.54) is 12.8 Å². The van der Waals surface area contributed by atoms with Crippen molar-refractivity contribution in [3.05, 3.63) is 18.3 Å². The smallest absolute Gasteiger partial charge is 0.171 e. The first-order valence-corrected chi connectivity index (χ1v) is 7.23. The maximum Gasteiger partial charge on any atom is 0.171 e. The highest BCUT2D eigenvalue weighted by molar-refractivity contribution is 5.52. The summed E-state index contributed by atoms with van der Waals surface area (Å²) in [6.45, 7) is 7.65. The molecule has 2 rings (SSSR count). The topological polar surface area (TPSA) is 37.4 Å². The summed E-state index contributed by atoms with van der Waals surface area (Å²) in [5, 5.41) is 3.53. The van der Waals surface area contributed by atoms with Gasteiger partial charge in [-0.05, 0) is 44.4 Å². The van der Waals surface area contributed by atoms with Crippen molar-refractivity contribution in [1.82, 2.24) is 10.3 Å². The van der Waals surface area contributed by atoms with Gasteiger partial charge in [0.25, 0.3) is 0 Å². The zero-order valence-electron chi connectivity index (χ0n) is 12.2. The van der Waals surface area contributed by atoms with Gasteiger partial charge in [0.2, 0.25) is 0 Å². The van der Waals surface area contributed by atoms with E-state index >= 15 is 0 Å². The Bertz CT molecular complexity index is 389. The van der Waals surface area contributed by atoms with Gasteiger partial charge in [-0.3, -0.25) is 0 Å². The third kappa shape index (κ3) is 3.38. The molecule has 1 aliphatic heterocycles. The van der Waals surface area contributed by atoms with Crippen molar-refractivity contribution < 1.29 is 4.74 Å². The molecule has 1 aliphatic rings. The summed E-state index contributed by atoms with van der Waals surface area (Å²) in [6.07, 6.45) is 4.27. The molecule has 1 aromatic heterocycles. The first-order valence-electron chi connectivity index (χ1n) is 7.23. The molecule has 1 saturated heterocycles. The summed E-state index contributed by atoms with van der Waals surface area (Å²) in [7, 11) is 1.71. The molecule has 0 amide bonds. The van der Waals surface area contributed by atoms with Gasteiger partial charge in [0.15, 0.2) is 11.6 Å². The molecule has 1 N–H and O–H groups in total. The van der Waals surface area contributed by atoms with Crippen LogP contribution < -0.4 is 15.0 Å². The number of ether oxygens (including phenoxy) is 1. The molecule has 0 aliphatic carbocycles. The Labute approximate surface area is 116 Å². The molecule has 2 heterocycles. The van der Waals surface area contributed by atoms with Crippen LogP contribution in [0, 0.1) is 5.92 Å². The molecular formula is C15H25N3O. The maximum atomic E-state index is 5.39. The second-order valence-corrected chi connectivity index (χ2v) is 5.20. The van der Waals surface area contributed by atoms with E-state index in [9.17, 15) is 0 Å². The number of aromatic nitrogens is 1. The molecule has 0 spiro atoms. The van der Waals surface area contributed by atoms with E-state index in [0.29, 0.717) is 6.04 Å². The predicted octanol–water partition coefficient (Wildman–Crippen LogP) is 2.30. The van der Waals surface area contributed by atoms with E-state index in [0.717, 1.165) is 37.1 Å². The summed E-state index contributed by atoms with van der Waals surface area (Å²) < 4.78 is 5.39. The second-order valence-electron chi connectivity index (χ2n) is 5.20. The molecule has 4 heteroatoms. The molecule has 106 valence electrons. The lowest BCUT2D eigenvalue weighted by Crippen LogP contribution is -2.42. The van der Waals surface area contributed by atoms with Crippen molar-refractivity contribution in [3.8, 4) is 5.75 Å². The SMILES string of the molecule is CCNC(C)C1CCN(c2ncccc2OC)CC1. The molecule has 1 aromatic rings. The average Bonchev–Trinajstić information content (AvgIpc) is 2.47. The van der Waals surface area contributed by atoms with Crippen molar-refractivity contribution >= 4 is 5.82 Å². The van der Waals surface area contributed by atoms with Gasteiger partial charge in [0.1, 0.15) is 0 Å². The Morgan fingerprint density at radius 3 is 2.84 bits per heavy atom. The largest absolute Gasteiger partial charge is 0.493 e. The number of nitrogens with zero attached hydrogens (tertiary/aromatic N) is 2. The van der Waals surface area contributed by atoms with Crippen LogP contribution in [0.15, 0.2) is 18.3 Å². The van der Waals surface area contributed by atoms with Gasteiger partial charge in [-0.2, -0.15) is 0 Å². The van der Waals surface area contributed by atoms with Crippen LogP contribution in [0.3, 0.4) is 0 Å². The summed E-state index contributed by atoms with van der Waals surface area (Å²) in [5.74, 6) is 2.63. The lowest BCUT2D eigenvalue weighted by Gasteiger charge is -2.36. The average molecular weight is 263 g/mol. The van der Waals surface area contributed by atoms with Gasteiger partial charge in [-0.25, -0.2) is 4.98 Å². The Morgan fingerprint density at radius 1 is 1.47 bits per heavy atom. The van der Waals surface area contributed by atoms with E-state index in [2.05, 4.69) is 29.0 Å². The molecule has 0 aromatic carbocycles. The van der Waals surface area contributed by atoms with E-state index in [1.54, 1.807) is 7.11 Å². The van der Waals surface area contributed by atoms with E-state index < -0.39 is 0 Å². The minimum absolute atomic E-state index is 0.609. The van der Waals surface area contributed by atoms with Crippen molar-refractivity contribution in [2.75, 3.05) is 31.6 Å². The number of nitrogens with one attached hydrogen (secondary N) is 1. The fourth-order valence-corrected chi connectivity index (χ4v) is 2.88. The first-order chi connectivity index (χ1) is 9.26. The summed E-state index contributed by atoms with van der Waals surface area (Å²) in [6, 6.07) is 4.51. The highest BCUT2D eigenvalue weighted by atomic mass is 16.5. The number of rotatable bonds is 5. The highest BCUT2D eigenvalue weighted by Crippen LogP contribution is 2.29. The number of hydrogen-bond donors (Lipinski definition) is 1. The number of hydrogen-bond acceptors (Lipinski definition) is 4. The normalized spacial score (nSPS) is 18.4. The number of piperidine rings is 1. The number of pyridine rings is 1. The second kappa shape index (κ2) is 6.75. The lowest BCUT2D eigenvalue weighted by molar-refractivity contribution is 0.312. The zero-order chi connectivity index (χ0) is 13.7. The van der Waals surface area contributed by atoms with Crippen LogP contribution in [0.25, 0.3) is 0 Å². The molecule has 4 nitrogen and oxygen atoms in total. The summed E-state index contributed by atoms with van der Waals surface area (Å²) in [5.41, 5.74) is 0. The van der Waals surface area contributed by atoms with Crippen LogP contribution in [0.4, 0.5) is 5.82 Å². The van der Waals surface area contributed by atoms with Crippen LogP contribution >= 0.6 is 0 Å². The molecule has 0 radical (unpaired) electrons. The van der Waals surface area contributed by atoms with Crippen LogP contribution in [0.2, 0.25) is 0 Å². The van der Waals surface area contributed by atoms with Crippen LogP contribution in [-0.4, -0.2) is 37.8 Å². The highest BCUT2D eigenvalue weighted by Gasteiger charge is 2.25. The lowest BCUT2D eigenvalue weighted by atomic mass is 9.90. The van der Waals surface area contributed by atoms with Gasteiger partial charge >= 0.3 is 0 Å². The van der Waals surface area contributed by atoms with Gasteiger partial charge in [-0.15, -0.1) is 0 Å². The molecule has 1 atom stereocenters. The predicted molar refractivity (Wildman–Crippen MR) is 78.9 cm³/mol. The van der Waals surface area contributed by atoms with Crippen molar-refractivity contribution in [2.24, 2.45) is 5.92 Å². The zero-order valence-corrected chi connectivity index (χ0v) is 12.2. The number of anilines is 1. The third-order valence-corrected chi connectivity index (χ3v) is 4.04. The fourth-order valence-electron chi connectivity index (χ4n) is 2.88. The third-order valence-electron chi connectivity index (χ3n) is 4.04. The first kappa shape index (κ1) is 14.1. The number of methoxy groups -OCH3 is 1. The standard InChI is InChI=1S/C15H25N3O/c1-4-16-12(2)13-7-10-18(11-8-13)15-14(19-3)6-5-9-17-15/h5-6,9,12-13,16H,4,7-8,10-11H2,1-3H3. The minimum atomic E-state index is 0.609. The summed E-state index contributed by atoms with van der Waals surface area (Å²) in [4.78, 5) is 6.81. The fraction of sp³-hybridized carbons (Fsp3) is 0.667. The van der Waals surface area contributed by atoms with Crippen molar-refractivity contribution in [1.29, 1.82) is 0 Å². The Balaban J connectivity index is 1.96. The van der Waals surface area contributed by atoms with Gasteiger partial charge in [0, 0.05) is 25.3 Å². The maximum absolute atomic E-state index is 5.39. The van der Waals surface area contributed by atoms with Crippen LogP contribution in [0.5, 0.6) is 5.75 Å². The Morgan fingerprint density at radius 2 is 2.21 bits per heavy atom. The molecule has 19 heavy (non-hydrogen) atoms. The van der Waals surface area contributed by atoms with E-state index in [-0.39, 0.29) is 0 Å². The Hall–Kier alpha value is -1.29. The molecule has 1 unspecified atom stereocenters. The minimum Gasteiger partial charge on any atom is -0.493 e. The van der Waals surface area contributed by atoms with Crippen LogP contribution in [-0.2, 0) is 0 Å². The van der Waals surface area contributed by atoms with E-state index in [4.69, 9.17) is 4.74 Å². The van der Waals surface area contributed by atoms with Crippen molar-refractivity contribution in [2.45, 2.75) is 32.7 Å². The van der Waals surface area contributed by atoms with Gasteiger partial charge in [0.05, 0.1) is 7.11 Å². The molecule has 0 saturated carbocycles. The van der Waals surface area contributed by atoms with Gasteiger partial charge in [-0.1, -0.05) is 6.92 Å². The van der Waals surface area contributed by atoms with Crippen LogP contribution in [0.1, 0.15) is 26.7 Å². The Kier molecular flexibility index (Phi) is 5.02. The monoisotopic (exact) mass is 263 g/mol. The molecule has 0 bridgehead atoms.